The first-order valence-electron chi connectivity index (χ1n) is 6.90. The summed E-state index contributed by atoms with van der Waals surface area (Å²) in [6, 6.07) is 1.55. The molecule has 1 heterocycles. The van der Waals surface area contributed by atoms with Gasteiger partial charge in [0.15, 0.2) is 0 Å². The molecule has 1 fully saturated rings. The Morgan fingerprint density at radius 1 is 1.35 bits per heavy atom. The van der Waals surface area contributed by atoms with Crippen LogP contribution in [-0.2, 0) is 4.79 Å². The normalized spacial score (nSPS) is 17.1. The average molecular weight is 276 g/mol. The van der Waals surface area contributed by atoms with Gasteiger partial charge in [-0.15, -0.1) is 0 Å². The van der Waals surface area contributed by atoms with Crippen LogP contribution in [0.15, 0.2) is 12.3 Å². The largest absolute Gasteiger partial charge is 0.368 e. The predicted molar refractivity (Wildman–Crippen MR) is 74.0 cm³/mol. The predicted octanol–water partition coefficient (Wildman–Crippen LogP) is 1.13. The fraction of sp³-hybridized carbons (Fsp3) is 0.571. The van der Waals surface area contributed by atoms with E-state index in [4.69, 9.17) is 5.73 Å². The van der Waals surface area contributed by atoms with Crippen LogP contribution < -0.4 is 11.1 Å². The zero-order valence-electron chi connectivity index (χ0n) is 11.8. The fourth-order valence-electron chi connectivity index (χ4n) is 2.47. The highest BCUT2D eigenvalue weighted by Gasteiger charge is 2.41. The van der Waals surface area contributed by atoms with Gasteiger partial charge in [-0.2, -0.15) is 0 Å². The lowest BCUT2D eigenvalue weighted by atomic mass is 9.96. The summed E-state index contributed by atoms with van der Waals surface area (Å²) in [4.78, 5) is 32.3. The van der Waals surface area contributed by atoms with E-state index in [2.05, 4.69) is 15.3 Å². The molecule has 0 unspecified atom stereocenters. The van der Waals surface area contributed by atoms with Gasteiger partial charge in [0, 0.05) is 12.1 Å². The summed E-state index contributed by atoms with van der Waals surface area (Å²) in [6.45, 7) is 3.91. The number of primary amides is 1. The van der Waals surface area contributed by atoms with E-state index in [1.54, 1.807) is 12.3 Å². The minimum Gasteiger partial charge on any atom is -0.368 e. The molecule has 2 amide bonds. The number of carbonyl (C=O) groups excluding carboxylic acids is 2. The Hall–Kier alpha value is -1.98. The smallest absolute Gasteiger partial charge is 0.270 e. The molecule has 1 aliphatic rings. The van der Waals surface area contributed by atoms with Crippen molar-refractivity contribution in [3.8, 4) is 0 Å². The van der Waals surface area contributed by atoms with Crippen LogP contribution in [0.25, 0.3) is 0 Å². The molecule has 0 atom stereocenters. The van der Waals surface area contributed by atoms with Crippen molar-refractivity contribution in [2.75, 3.05) is 0 Å². The summed E-state index contributed by atoms with van der Waals surface area (Å²) >= 11 is 0. The van der Waals surface area contributed by atoms with E-state index in [9.17, 15) is 9.59 Å². The molecule has 0 radical (unpaired) electrons. The first-order chi connectivity index (χ1) is 9.44. The third kappa shape index (κ3) is 2.79. The van der Waals surface area contributed by atoms with Gasteiger partial charge >= 0.3 is 0 Å². The van der Waals surface area contributed by atoms with Crippen LogP contribution in [-0.4, -0.2) is 27.3 Å². The molecule has 0 bridgehead atoms. The highest BCUT2D eigenvalue weighted by molar-refractivity contribution is 5.97. The van der Waals surface area contributed by atoms with Gasteiger partial charge in [-0.25, -0.2) is 9.97 Å². The molecule has 0 aromatic carbocycles. The maximum atomic E-state index is 12.3. The number of hydrogen-bond acceptors (Lipinski definition) is 4. The van der Waals surface area contributed by atoms with Crippen LogP contribution in [0.2, 0.25) is 0 Å². The van der Waals surface area contributed by atoms with E-state index in [1.165, 1.54) is 0 Å². The number of nitrogens with zero attached hydrogens (tertiary/aromatic N) is 2. The van der Waals surface area contributed by atoms with Crippen LogP contribution in [0.1, 0.15) is 61.8 Å². The number of carbonyl (C=O) groups is 2. The van der Waals surface area contributed by atoms with Crippen molar-refractivity contribution in [2.24, 2.45) is 5.73 Å². The molecule has 20 heavy (non-hydrogen) atoms. The molecule has 3 N–H and O–H groups in total. The van der Waals surface area contributed by atoms with Crippen molar-refractivity contribution in [1.29, 1.82) is 0 Å². The third-order valence-corrected chi connectivity index (χ3v) is 3.70. The topological polar surface area (TPSA) is 98.0 Å². The molecule has 1 aliphatic carbocycles. The quantitative estimate of drug-likeness (QED) is 0.861. The average Bonchev–Trinajstić information content (AvgIpc) is 2.88. The summed E-state index contributed by atoms with van der Waals surface area (Å²) in [5, 5.41) is 2.77. The van der Waals surface area contributed by atoms with Crippen LogP contribution in [0.4, 0.5) is 0 Å². The highest BCUT2D eigenvalue weighted by atomic mass is 16.2. The van der Waals surface area contributed by atoms with Gasteiger partial charge in [0.1, 0.15) is 17.1 Å². The van der Waals surface area contributed by atoms with Gasteiger partial charge in [0.05, 0.1) is 0 Å². The second kappa shape index (κ2) is 5.56. The summed E-state index contributed by atoms with van der Waals surface area (Å²) in [7, 11) is 0. The van der Waals surface area contributed by atoms with Gasteiger partial charge in [0.25, 0.3) is 5.91 Å². The molecule has 6 heteroatoms. The van der Waals surface area contributed by atoms with Crippen molar-refractivity contribution in [2.45, 2.75) is 51.0 Å². The van der Waals surface area contributed by atoms with Crippen LogP contribution in [0.5, 0.6) is 0 Å². The first kappa shape index (κ1) is 14.4. The van der Waals surface area contributed by atoms with Crippen LogP contribution >= 0.6 is 0 Å². The summed E-state index contributed by atoms with van der Waals surface area (Å²) < 4.78 is 0. The van der Waals surface area contributed by atoms with Gasteiger partial charge in [-0.05, 0) is 18.9 Å². The molecule has 0 aliphatic heterocycles. The summed E-state index contributed by atoms with van der Waals surface area (Å²) in [6.07, 6.45) is 4.53. The Morgan fingerprint density at radius 3 is 2.55 bits per heavy atom. The zero-order chi connectivity index (χ0) is 14.8. The number of aromatic nitrogens is 2. The Bertz CT molecular complexity index is 522. The standard InChI is InChI=1S/C14H20N4O2/c1-9(2)11-16-8-5-10(17-11)12(19)18-14(13(15)20)6-3-4-7-14/h5,8-9H,3-4,6-7H2,1-2H3,(H2,15,20)(H,18,19). The maximum Gasteiger partial charge on any atom is 0.270 e. The Kier molecular flexibility index (Phi) is 4.01. The Balaban J connectivity index is 2.19. The Labute approximate surface area is 118 Å². The maximum absolute atomic E-state index is 12.3. The molecular formula is C14H20N4O2. The van der Waals surface area contributed by atoms with E-state index >= 15 is 0 Å². The third-order valence-electron chi connectivity index (χ3n) is 3.70. The second-order valence-electron chi connectivity index (χ2n) is 5.56. The molecule has 0 saturated heterocycles. The lowest BCUT2D eigenvalue weighted by Gasteiger charge is -2.26. The molecule has 1 aromatic rings. The van der Waals surface area contributed by atoms with Gasteiger partial charge in [0.2, 0.25) is 5.91 Å². The van der Waals surface area contributed by atoms with Crippen molar-refractivity contribution in [3.63, 3.8) is 0 Å². The molecule has 108 valence electrons. The van der Waals surface area contributed by atoms with Gasteiger partial charge < -0.3 is 11.1 Å². The Morgan fingerprint density at radius 2 is 2.00 bits per heavy atom. The number of hydrogen-bond donors (Lipinski definition) is 2. The number of rotatable bonds is 4. The second-order valence-corrected chi connectivity index (χ2v) is 5.56. The van der Waals surface area contributed by atoms with Crippen molar-refractivity contribution < 1.29 is 9.59 Å². The van der Waals surface area contributed by atoms with Crippen molar-refractivity contribution in [1.82, 2.24) is 15.3 Å². The van der Waals surface area contributed by atoms with E-state index in [1.807, 2.05) is 13.8 Å². The minimum absolute atomic E-state index is 0.138. The van der Waals surface area contributed by atoms with Gasteiger partial charge in [-0.1, -0.05) is 26.7 Å². The van der Waals surface area contributed by atoms with E-state index in [-0.39, 0.29) is 17.5 Å². The first-order valence-corrected chi connectivity index (χ1v) is 6.90. The van der Waals surface area contributed by atoms with Crippen molar-refractivity contribution >= 4 is 11.8 Å². The fourth-order valence-corrected chi connectivity index (χ4v) is 2.47. The number of nitrogens with two attached hydrogens (primary N) is 1. The summed E-state index contributed by atoms with van der Waals surface area (Å²) in [5.74, 6) is -0.0898. The lowest BCUT2D eigenvalue weighted by molar-refractivity contribution is -0.123. The molecule has 2 rings (SSSR count). The lowest BCUT2D eigenvalue weighted by Crippen LogP contribution is -2.55. The number of amides is 2. The van der Waals surface area contributed by atoms with E-state index in [0.717, 1.165) is 12.8 Å². The molecule has 1 saturated carbocycles. The highest BCUT2D eigenvalue weighted by Crippen LogP contribution is 2.29. The van der Waals surface area contributed by atoms with Crippen LogP contribution in [0, 0.1) is 0 Å². The molecule has 1 aromatic heterocycles. The molecular weight excluding hydrogens is 256 g/mol. The summed E-state index contributed by atoms with van der Waals surface area (Å²) in [5.41, 5.74) is 4.81. The van der Waals surface area contributed by atoms with E-state index < -0.39 is 11.4 Å². The van der Waals surface area contributed by atoms with Crippen molar-refractivity contribution in [3.05, 3.63) is 23.8 Å². The minimum atomic E-state index is -0.917. The van der Waals surface area contributed by atoms with Gasteiger partial charge in [-0.3, -0.25) is 9.59 Å². The number of nitrogens with one attached hydrogen (secondary N) is 1. The van der Waals surface area contributed by atoms with Crippen LogP contribution in [0.3, 0.4) is 0 Å². The zero-order valence-corrected chi connectivity index (χ0v) is 11.8. The molecule has 0 spiro atoms. The molecule has 6 nitrogen and oxygen atoms in total. The SMILES string of the molecule is CC(C)c1nccc(C(=O)NC2(C(N)=O)CCCC2)n1. The monoisotopic (exact) mass is 276 g/mol. The van der Waals surface area contributed by atoms with E-state index in [0.29, 0.717) is 18.7 Å².